The highest BCUT2D eigenvalue weighted by atomic mass is 32.2. The standard InChI is InChI=1S/C15H11N5O4S2/c21-13(8-19-7-10(20(23)24)5-6-14(19)22)17-11-3-1-2-4-12(11)26-15-18-16-9-25-15/h1-7,9H,8H2,(H,17,21). The van der Waals surface area contributed by atoms with E-state index < -0.39 is 16.4 Å². The van der Waals surface area contributed by atoms with Crippen LogP contribution in [0.4, 0.5) is 11.4 Å². The summed E-state index contributed by atoms with van der Waals surface area (Å²) < 4.78 is 1.72. The van der Waals surface area contributed by atoms with Crippen molar-refractivity contribution in [3.63, 3.8) is 0 Å². The van der Waals surface area contributed by atoms with E-state index in [1.54, 1.807) is 17.6 Å². The summed E-state index contributed by atoms with van der Waals surface area (Å²) in [6, 6.07) is 9.29. The van der Waals surface area contributed by atoms with Crippen molar-refractivity contribution in [2.75, 3.05) is 5.32 Å². The molecule has 0 saturated heterocycles. The highest BCUT2D eigenvalue weighted by Gasteiger charge is 2.13. The van der Waals surface area contributed by atoms with E-state index in [4.69, 9.17) is 0 Å². The third-order valence-corrected chi connectivity index (χ3v) is 5.04. The molecule has 0 atom stereocenters. The van der Waals surface area contributed by atoms with E-state index in [0.29, 0.717) is 5.69 Å². The molecule has 2 aromatic heterocycles. The molecule has 0 spiro atoms. The number of hydrogen-bond donors (Lipinski definition) is 1. The maximum absolute atomic E-state index is 12.3. The van der Waals surface area contributed by atoms with E-state index in [1.807, 2.05) is 12.1 Å². The third-order valence-electron chi connectivity index (χ3n) is 3.19. The number of pyridine rings is 1. The number of para-hydroxylation sites is 1. The molecule has 11 heteroatoms. The second kappa shape index (κ2) is 7.89. The van der Waals surface area contributed by atoms with Crippen LogP contribution >= 0.6 is 23.1 Å². The summed E-state index contributed by atoms with van der Waals surface area (Å²) in [4.78, 5) is 35.1. The molecule has 2 heterocycles. The first-order valence-electron chi connectivity index (χ1n) is 7.21. The van der Waals surface area contributed by atoms with Crippen molar-refractivity contribution in [1.82, 2.24) is 14.8 Å². The van der Waals surface area contributed by atoms with Crippen molar-refractivity contribution in [2.24, 2.45) is 0 Å². The molecule has 26 heavy (non-hydrogen) atoms. The van der Waals surface area contributed by atoms with Gasteiger partial charge in [0.25, 0.3) is 11.2 Å². The molecule has 0 aliphatic heterocycles. The number of carbonyl (C=O) groups is 1. The van der Waals surface area contributed by atoms with E-state index in [2.05, 4.69) is 15.5 Å². The minimum absolute atomic E-state index is 0.260. The normalized spacial score (nSPS) is 10.5. The second-order valence-corrected chi connectivity index (χ2v) is 7.08. The van der Waals surface area contributed by atoms with Crippen LogP contribution in [0.1, 0.15) is 0 Å². The third kappa shape index (κ3) is 4.32. The van der Waals surface area contributed by atoms with Gasteiger partial charge in [-0.3, -0.25) is 24.3 Å². The van der Waals surface area contributed by atoms with Gasteiger partial charge in [-0.15, -0.1) is 10.2 Å². The molecule has 0 saturated carbocycles. The molecule has 1 amide bonds. The predicted octanol–water partition coefficient (Wildman–Crippen LogP) is 2.40. The quantitative estimate of drug-likeness (QED) is 0.508. The van der Waals surface area contributed by atoms with E-state index in [9.17, 15) is 19.7 Å². The molecule has 3 rings (SSSR count). The SMILES string of the molecule is O=C(Cn1cc([N+](=O)[O-])ccc1=O)Nc1ccccc1Sc1nncs1. The van der Waals surface area contributed by atoms with Crippen LogP contribution < -0.4 is 10.9 Å². The first-order valence-corrected chi connectivity index (χ1v) is 8.90. The Kier molecular flexibility index (Phi) is 5.39. The minimum atomic E-state index is -0.623. The number of aromatic nitrogens is 3. The molecule has 0 radical (unpaired) electrons. The lowest BCUT2D eigenvalue weighted by atomic mass is 10.3. The summed E-state index contributed by atoms with van der Waals surface area (Å²) in [6.45, 7) is -0.335. The molecule has 0 aliphatic carbocycles. The Hall–Kier alpha value is -3.05. The molecule has 0 aliphatic rings. The van der Waals surface area contributed by atoms with Crippen molar-refractivity contribution in [2.45, 2.75) is 15.8 Å². The van der Waals surface area contributed by atoms with Gasteiger partial charge in [-0.1, -0.05) is 35.2 Å². The van der Waals surface area contributed by atoms with Crippen molar-refractivity contribution in [3.8, 4) is 0 Å². The first kappa shape index (κ1) is 17.8. The van der Waals surface area contributed by atoms with Crippen LogP contribution in [-0.4, -0.2) is 25.6 Å². The fraction of sp³-hybridized carbons (Fsp3) is 0.0667. The minimum Gasteiger partial charge on any atom is -0.323 e. The molecular weight excluding hydrogens is 378 g/mol. The average molecular weight is 389 g/mol. The van der Waals surface area contributed by atoms with Crippen LogP contribution in [0.2, 0.25) is 0 Å². The Morgan fingerprint density at radius 2 is 2.12 bits per heavy atom. The summed E-state index contributed by atoms with van der Waals surface area (Å²) in [6.07, 6.45) is 1.05. The van der Waals surface area contributed by atoms with Gasteiger partial charge < -0.3 is 5.32 Å². The van der Waals surface area contributed by atoms with Crippen molar-refractivity contribution >= 4 is 40.4 Å². The lowest BCUT2D eigenvalue weighted by Gasteiger charge is -2.10. The van der Waals surface area contributed by atoms with E-state index in [1.165, 1.54) is 23.1 Å². The number of benzene rings is 1. The number of amides is 1. The first-order chi connectivity index (χ1) is 12.5. The topological polar surface area (TPSA) is 120 Å². The van der Waals surface area contributed by atoms with Gasteiger partial charge in [-0.25, -0.2) is 0 Å². The highest BCUT2D eigenvalue weighted by Crippen LogP contribution is 2.33. The van der Waals surface area contributed by atoms with Crippen LogP contribution in [0.15, 0.2) is 62.1 Å². The van der Waals surface area contributed by atoms with Gasteiger partial charge in [0.15, 0.2) is 4.34 Å². The summed E-state index contributed by atoms with van der Waals surface area (Å²) in [5.74, 6) is -0.474. The number of nitro groups is 1. The van der Waals surface area contributed by atoms with Gasteiger partial charge in [-0.2, -0.15) is 0 Å². The Balaban J connectivity index is 1.76. The van der Waals surface area contributed by atoms with Crippen LogP contribution in [0.25, 0.3) is 0 Å². The number of carbonyl (C=O) groups excluding carboxylic acids is 1. The van der Waals surface area contributed by atoms with Gasteiger partial charge >= 0.3 is 0 Å². The zero-order valence-electron chi connectivity index (χ0n) is 13.1. The fourth-order valence-corrected chi connectivity index (χ4v) is 3.58. The number of nitrogens with zero attached hydrogens (tertiary/aromatic N) is 4. The van der Waals surface area contributed by atoms with E-state index in [-0.39, 0.29) is 12.2 Å². The fourth-order valence-electron chi connectivity index (χ4n) is 2.06. The van der Waals surface area contributed by atoms with E-state index in [0.717, 1.165) is 32.1 Å². The zero-order chi connectivity index (χ0) is 18.5. The molecular formula is C15H11N5O4S2. The Morgan fingerprint density at radius 1 is 1.31 bits per heavy atom. The number of anilines is 1. The van der Waals surface area contributed by atoms with Gasteiger partial charge in [0.2, 0.25) is 5.91 Å². The lowest BCUT2D eigenvalue weighted by Crippen LogP contribution is -2.27. The summed E-state index contributed by atoms with van der Waals surface area (Å²) in [5, 5.41) is 21.2. The highest BCUT2D eigenvalue weighted by molar-refractivity contribution is 8.01. The Morgan fingerprint density at radius 3 is 2.85 bits per heavy atom. The van der Waals surface area contributed by atoms with Gasteiger partial charge in [0.05, 0.1) is 16.8 Å². The average Bonchev–Trinajstić information content (AvgIpc) is 3.11. The molecule has 0 unspecified atom stereocenters. The maximum atomic E-state index is 12.3. The summed E-state index contributed by atoms with van der Waals surface area (Å²) in [5.41, 5.74) is 1.40. The lowest BCUT2D eigenvalue weighted by molar-refractivity contribution is -0.385. The summed E-state index contributed by atoms with van der Waals surface area (Å²) in [7, 11) is 0. The molecule has 0 fully saturated rings. The Bertz CT molecular complexity index is 1000. The molecule has 1 aromatic carbocycles. The van der Waals surface area contributed by atoms with Crippen molar-refractivity contribution in [3.05, 3.63) is 68.6 Å². The zero-order valence-corrected chi connectivity index (χ0v) is 14.7. The largest absolute Gasteiger partial charge is 0.323 e. The van der Waals surface area contributed by atoms with Crippen molar-refractivity contribution < 1.29 is 9.72 Å². The van der Waals surface area contributed by atoms with Gasteiger partial charge in [0, 0.05) is 17.0 Å². The smallest absolute Gasteiger partial charge is 0.285 e. The molecule has 132 valence electrons. The van der Waals surface area contributed by atoms with Gasteiger partial charge in [-0.05, 0) is 12.1 Å². The maximum Gasteiger partial charge on any atom is 0.285 e. The number of rotatable bonds is 6. The van der Waals surface area contributed by atoms with E-state index >= 15 is 0 Å². The van der Waals surface area contributed by atoms with Crippen LogP contribution in [0.5, 0.6) is 0 Å². The number of hydrogen-bond acceptors (Lipinski definition) is 8. The van der Waals surface area contributed by atoms with Crippen LogP contribution in [0, 0.1) is 10.1 Å². The predicted molar refractivity (Wildman–Crippen MR) is 96.5 cm³/mol. The molecule has 3 aromatic rings. The van der Waals surface area contributed by atoms with Crippen molar-refractivity contribution in [1.29, 1.82) is 0 Å². The van der Waals surface area contributed by atoms with Gasteiger partial charge in [0.1, 0.15) is 12.1 Å². The molecule has 0 bridgehead atoms. The van der Waals surface area contributed by atoms with Crippen LogP contribution in [-0.2, 0) is 11.3 Å². The van der Waals surface area contributed by atoms with Crippen LogP contribution in [0.3, 0.4) is 0 Å². The molecule has 1 N–H and O–H groups in total. The second-order valence-electron chi connectivity index (χ2n) is 4.96. The monoisotopic (exact) mass is 389 g/mol. The Labute approximate surface area is 154 Å². The summed E-state index contributed by atoms with van der Waals surface area (Å²) >= 11 is 2.72. The molecule has 9 nitrogen and oxygen atoms in total. The number of nitrogens with one attached hydrogen (secondary N) is 1.